The van der Waals surface area contributed by atoms with Gasteiger partial charge in [0.2, 0.25) is 0 Å². The van der Waals surface area contributed by atoms with Gasteiger partial charge in [-0.15, -0.1) is 11.3 Å². The Morgan fingerprint density at radius 1 is 1.39 bits per heavy atom. The predicted octanol–water partition coefficient (Wildman–Crippen LogP) is 3.13. The van der Waals surface area contributed by atoms with E-state index >= 15 is 0 Å². The van der Waals surface area contributed by atoms with Gasteiger partial charge in [0.05, 0.1) is 12.1 Å². The highest BCUT2D eigenvalue weighted by molar-refractivity contribution is 7.15. The first-order chi connectivity index (χ1) is 8.56. The first-order valence-corrected chi connectivity index (χ1v) is 6.38. The molecule has 0 aliphatic rings. The first-order valence-electron chi connectivity index (χ1n) is 5.57. The number of nitrogens with one attached hydrogen (secondary N) is 1. The molecule has 0 amide bonds. The van der Waals surface area contributed by atoms with E-state index in [4.69, 9.17) is 5.11 Å². The van der Waals surface area contributed by atoms with Gasteiger partial charge in [0, 0.05) is 10.6 Å². The minimum absolute atomic E-state index is 0.0267. The molecule has 1 aromatic carbocycles. The Balaban J connectivity index is 2.20. The van der Waals surface area contributed by atoms with E-state index in [0.717, 1.165) is 27.0 Å². The van der Waals surface area contributed by atoms with E-state index in [1.54, 1.807) is 0 Å². The molecular weight excluding hydrogens is 248 g/mol. The fourth-order valence-corrected chi connectivity index (χ4v) is 2.58. The van der Waals surface area contributed by atoms with Crippen molar-refractivity contribution < 1.29 is 9.90 Å². The Hall–Kier alpha value is -1.88. The normalized spacial score (nSPS) is 10.3. The number of carboxylic acids is 1. The van der Waals surface area contributed by atoms with Crippen LogP contribution >= 0.6 is 11.3 Å². The van der Waals surface area contributed by atoms with Crippen molar-refractivity contribution in [2.24, 2.45) is 0 Å². The number of hydrogen-bond acceptors (Lipinski definition) is 4. The van der Waals surface area contributed by atoms with Crippen molar-refractivity contribution >= 4 is 28.1 Å². The Morgan fingerprint density at radius 2 is 2.11 bits per heavy atom. The van der Waals surface area contributed by atoms with E-state index in [2.05, 4.69) is 10.3 Å². The molecule has 0 fully saturated rings. The van der Waals surface area contributed by atoms with Crippen LogP contribution in [-0.4, -0.2) is 16.1 Å². The lowest BCUT2D eigenvalue weighted by Gasteiger charge is -2.05. The molecule has 0 saturated carbocycles. The molecule has 0 saturated heterocycles. The Labute approximate surface area is 109 Å². The summed E-state index contributed by atoms with van der Waals surface area (Å²) in [4.78, 5) is 15.8. The van der Waals surface area contributed by atoms with E-state index in [1.165, 1.54) is 11.3 Å². The number of rotatable bonds is 4. The van der Waals surface area contributed by atoms with Gasteiger partial charge in [-0.05, 0) is 25.5 Å². The van der Waals surface area contributed by atoms with E-state index in [1.807, 2.05) is 38.1 Å². The standard InChI is InChI=1S/C13H14N2O2S/c1-8-5-3-4-6-10(8)15-13-14-9(2)11(18-13)7-12(16)17/h3-6H,7H2,1-2H3,(H,14,15)(H,16,17). The zero-order valence-corrected chi connectivity index (χ0v) is 11.0. The molecule has 5 heteroatoms. The van der Waals surface area contributed by atoms with Crippen molar-refractivity contribution in [3.05, 3.63) is 40.4 Å². The van der Waals surface area contributed by atoms with Gasteiger partial charge in [0.15, 0.2) is 5.13 Å². The third kappa shape index (κ3) is 2.87. The fourth-order valence-electron chi connectivity index (χ4n) is 1.61. The second kappa shape index (κ2) is 5.18. The van der Waals surface area contributed by atoms with Crippen molar-refractivity contribution in [1.82, 2.24) is 4.98 Å². The minimum atomic E-state index is -0.829. The lowest BCUT2D eigenvalue weighted by Crippen LogP contribution is -1.99. The molecule has 0 aliphatic carbocycles. The number of aromatic nitrogens is 1. The van der Waals surface area contributed by atoms with Gasteiger partial charge in [-0.2, -0.15) is 0 Å². The van der Waals surface area contributed by atoms with Crippen LogP contribution in [0.25, 0.3) is 0 Å². The van der Waals surface area contributed by atoms with Crippen LogP contribution in [0.5, 0.6) is 0 Å². The lowest BCUT2D eigenvalue weighted by molar-refractivity contribution is -0.136. The maximum Gasteiger partial charge on any atom is 0.308 e. The number of hydrogen-bond donors (Lipinski definition) is 2. The van der Waals surface area contributed by atoms with Crippen LogP contribution in [0.2, 0.25) is 0 Å². The summed E-state index contributed by atoms with van der Waals surface area (Å²) in [7, 11) is 0. The average Bonchev–Trinajstić information content (AvgIpc) is 2.62. The molecule has 2 aromatic rings. The molecule has 0 bridgehead atoms. The highest BCUT2D eigenvalue weighted by atomic mass is 32.1. The van der Waals surface area contributed by atoms with Crippen molar-refractivity contribution in [1.29, 1.82) is 0 Å². The van der Waals surface area contributed by atoms with Crippen molar-refractivity contribution in [2.75, 3.05) is 5.32 Å². The summed E-state index contributed by atoms with van der Waals surface area (Å²) in [6.07, 6.45) is 0.0267. The zero-order chi connectivity index (χ0) is 13.1. The van der Waals surface area contributed by atoms with E-state index in [0.29, 0.717) is 0 Å². The number of aryl methyl sites for hydroxylation is 2. The highest BCUT2D eigenvalue weighted by Gasteiger charge is 2.11. The number of thiazole rings is 1. The fraction of sp³-hybridized carbons (Fsp3) is 0.231. The SMILES string of the molecule is Cc1ccccc1Nc1nc(C)c(CC(=O)O)s1. The summed E-state index contributed by atoms with van der Waals surface area (Å²) in [5.41, 5.74) is 2.90. The lowest BCUT2D eigenvalue weighted by atomic mass is 10.2. The molecule has 2 N–H and O–H groups in total. The largest absolute Gasteiger partial charge is 0.481 e. The van der Waals surface area contributed by atoms with Crippen molar-refractivity contribution in [3.63, 3.8) is 0 Å². The van der Waals surface area contributed by atoms with Crippen LogP contribution in [0, 0.1) is 13.8 Å². The molecule has 2 rings (SSSR count). The molecule has 0 aliphatic heterocycles. The monoisotopic (exact) mass is 262 g/mol. The molecule has 0 unspecified atom stereocenters. The van der Waals surface area contributed by atoms with E-state index in [9.17, 15) is 4.79 Å². The topological polar surface area (TPSA) is 62.2 Å². The average molecular weight is 262 g/mol. The molecule has 0 radical (unpaired) electrons. The molecule has 18 heavy (non-hydrogen) atoms. The molecule has 1 aromatic heterocycles. The third-order valence-corrected chi connectivity index (χ3v) is 3.66. The number of benzene rings is 1. The van der Waals surface area contributed by atoms with Gasteiger partial charge in [0.25, 0.3) is 0 Å². The summed E-state index contributed by atoms with van der Waals surface area (Å²) in [6, 6.07) is 7.92. The van der Waals surface area contributed by atoms with Crippen molar-refractivity contribution in [3.8, 4) is 0 Å². The molecule has 94 valence electrons. The highest BCUT2D eigenvalue weighted by Crippen LogP contribution is 2.27. The number of carboxylic acid groups (broad SMARTS) is 1. The zero-order valence-electron chi connectivity index (χ0n) is 10.2. The predicted molar refractivity (Wildman–Crippen MR) is 72.7 cm³/mol. The molecule has 0 atom stereocenters. The van der Waals surface area contributed by atoms with Gasteiger partial charge < -0.3 is 10.4 Å². The molecular formula is C13H14N2O2S. The second-order valence-electron chi connectivity index (χ2n) is 4.04. The minimum Gasteiger partial charge on any atom is -0.481 e. The van der Waals surface area contributed by atoms with Crippen molar-refractivity contribution in [2.45, 2.75) is 20.3 Å². The third-order valence-electron chi connectivity index (χ3n) is 2.59. The summed E-state index contributed by atoms with van der Waals surface area (Å²) >= 11 is 1.39. The number of nitrogens with zero attached hydrogens (tertiary/aromatic N) is 1. The quantitative estimate of drug-likeness (QED) is 0.888. The summed E-state index contributed by atoms with van der Waals surface area (Å²) < 4.78 is 0. The summed E-state index contributed by atoms with van der Waals surface area (Å²) in [5, 5.41) is 12.7. The van der Waals surface area contributed by atoms with Crippen LogP contribution in [0.4, 0.5) is 10.8 Å². The van der Waals surface area contributed by atoms with Gasteiger partial charge in [-0.3, -0.25) is 4.79 Å². The number of aliphatic carboxylic acids is 1. The van der Waals surface area contributed by atoms with Gasteiger partial charge >= 0.3 is 5.97 Å². The Morgan fingerprint density at radius 3 is 2.78 bits per heavy atom. The van der Waals surface area contributed by atoms with E-state index < -0.39 is 5.97 Å². The summed E-state index contributed by atoms with van der Waals surface area (Å²) in [6.45, 7) is 3.85. The first kappa shape index (κ1) is 12.6. The van der Waals surface area contributed by atoms with Gasteiger partial charge in [-0.1, -0.05) is 18.2 Å². The van der Waals surface area contributed by atoms with Gasteiger partial charge in [0.1, 0.15) is 0 Å². The maximum atomic E-state index is 10.7. The maximum absolute atomic E-state index is 10.7. The van der Waals surface area contributed by atoms with Crippen LogP contribution in [0.3, 0.4) is 0 Å². The number of anilines is 2. The van der Waals surface area contributed by atoms with Crippen LogP contribution in [-0.2, 0) is 11.2 Å². The molecule has 4 nitrogen and oxygen atoms in total. The Bertz CT molecular complexity index is 578. The second-order valence-corrected chi connectivity index (χ2v) is 5.12. The smallest absolute Gasteiger partial charge is 0.308 e. The van der Waals surface area contributed by atoms with Crippen LogP contribution in [0.15, 0.2) is 24.3 Å². The van der Waals surface area contributed by atoms with Gasteiger partial charge in [-0.25, -0.2) is 4.98 Å². The molecule has 1 heterocycles. The Kier molecular flexibility index (Phi) is 3.62. The van der Waals surface area contributed by atoms with E-state index in [-0.39, 0.29) is 6.42 Å². The van der Waals surface area contributed by atoms with Crippen LogP contribution in [0.1, 0.15) is 16.1 Å². The van der Waals surface area contributed by atoms with Crippen LogP contribution < -0.4 is 5.32 Å². The molecule has 0 spiro atoms. The number of para-hydroxylation sites is 1. The number of carbonyl (C=O) groups is 1. The summed E-state index contributed by atoms with van der Waals surface area (Å²) in [5.74, 6) is -0.829.